The fourth-order valence-electron chi connectivity index (χ4n) is 2.25. The minimum Gasteiger partial charge on any atom is -0.483 e. The summed E-state index contributed by atoms with van der Waals surface area (Å²) in [5.41, 5.74) is 6.29. The molecule has 0 aromatic heterocycles. The van der Waals surface area contributed by atoms with Crippen LogP contribution >= 0.6 is 12.2 Å². The third-order valence-electron chi connectivity index (χ3n) is 3.31. The normalized spacial score (nSPS) is 18.9. The monoisotopic (exact) mass is 308 g/mol. The molecule has 0 saturated carbocycles. The predicted octanol–water partition coefficient (Wildman–Crippen LogP) is 1.34. The minimum atomic E-state index is -0.0508. The van der Waals surface area contributed by atoms with Crippen LogP contribution in [0.4, 0.5) is 0 Å². The summed E-state index contributed by atoms with van der Waals surface area (Å²) in [4.78, 5) is 14.3. The molecule has 1 aliphatic rings. The molecule has 0 aliphatic carbocycles. The summed E-state index contributed by atoms with van der Waals surface area (Å²) in [6.07, 6.45) is 0.903. The summed E-state index contributed by atoms with van der Waals surface area (Å²) in [5.74, 6) is 0.488. The molecular weight excluding hydrogens is 288 g/mol. The molecule has 6 heteroatoms. The van der Waals surface area contributed by atoms with E-state index in [0.29, 0.717) is 31.0 Å². The molecule has 0 spiro atoms. The highest BCUT2D eigenvalue weighted by molar-refractivity contribution is 7.80. The van der Waals surface area contributed by atoms with E-state index >= 15 is 0 Å². The molecule has 1 heterocycles. The second-order valence-corrected chi connectivity index (χ2v) is 5.46. The number of nitrogens with two attached hydrogens (primary N) is 1. The van der Waals surface area contributed by atoms with Crippen LogP contribution in [0.15, 0.2) is 24.3 Å². The molecule has 2 rings (SSSR count). The Labute approximate surface area is 130 Å². The lowest BCUT2D eigenvalue weighted by molar-refractivity contribution is -0.134. The maximum absolute atomic E-state index is 12.2. The summed E-state index contributed by atoms with van der Waals surface area (Å²) in [7, 11) is 0. The highest BCUT2D eigenvalue weighted by Gasteiger charge is 2.20. The van der Waals surface area contributed by atoms with Gasteiger partial charge < -0.3 is 20.1 Å². The van der Waals surface area contributed by atoms with Gasteiger partial charge in [-0.1, -0.05) is 24.4 Å². The number of amides is 1. The molecule has 1 aromatic carbocycles. The number of thiocarbonyl (C=S) groups is 1. The fraction of sp³-hybridized carbons (Fsp3) is 0.467. The van der Waals surface area contributed by atoms with Gasteiger partial charge in [0.2, 0.25) is 0 Å². The Morgan fingerprint density at radius 3 is 3.05 bits per heavy atom. The molecule has 2 N–H and O–H groups in total. The summed E-state index contributed by atoms with van der Waals surface area (Å²) in [6, 6.07) is 7.19. The van der Waals surface area contributed by atoms with Crippen molar-refractivity contribution in [3.8, 4) is 5.75 Å². The molecular formula is C15H20N2O3S. The van der Waals surface area contributed by atoms with Gasteiger partial charge in [0.05, 0.1) is 11.7 Å². The van der Waals surface area contributed by atoms with Crippen molar-refractivity contribution in [3.63, 3.8) is 0 Å². The Hall–Kier alpha value is -1.66. The number of benzene rings is 1. The first-order valence-corrected chi connectivity index (χ1v) is 7.39. The topological polar surface area (TPSA) is 64.8 Å². The van der Waals surface area contributed by atoms with E-state index in [1.54, 1.807) is 17.0 Å². The molecule has 1 unspecified atom stereocenters. The molecule has 0 radical (unpaired) electrons. The lowest BCUT2D eigenvalue weighted by Gasteiger charge is -2.22. The predicted molar refractivity (Wildman–Crippen MR) is 84.4 cm³/mol. The maximum Gasteiger partial charge on any atom is 0.260 e. The van der Waals surface area contributed by atoms with Crippen molar-refractivity contribution in [2.45, 2.75) is 19.4 Å². The van der Waals surface area contributed by atoms with Gasteiger partial charge in [0, 0.05) is 19.7 Å². The third-order valence-corrected chi connectivity index (χ3v) is 3.53. The van der Waals surface area contributed by atoms with Crippen molar-refractivity contribution in [1.29, 1.82) is 0 Å². The average molecular weight is 308 g/mol. The van der Waals surface area contributed by atoms with Gasteiger partial charge in [-0.15, -0.1) is 0 Å². The quantitative estimate of drug-likeness (QED) is 0.850. The van der Waals surface area contributed by atoms with E-state index in [-0.39, 0.29) is 23.6 Å². The Bertz CT molecular complexity index is 521. The van der Waals surface area contributed by atoms with Crippen LogP contribution in [0.2, 0.25) is 0 Å². The fourth-order valence-corrected chi connectivity index (χ4v) is 2.42. The zero-order valence-corrected chi connectivity index (χ0v) is 12.9. The minimum absolute atomic E-state index is 0.0215. The Balaban J connectivity index is 1.96. The van der Waals surface area contributed by atoms with E-state index in [1.807, 2.05) is 19.1 Å². The maximum atomic E-state index is 12.2. The van der Waals surface area contributed by atoms with Gasteiger partial charge in [-0.3, -0.25) is 4.79 Å². The van der Waals surface area contributed by atoms with Gasteiger partial charge >= 0.3 is 0 Å². The van der Waals surface area contributed by atoms with Crippen molar-refractivity contribution < 1.29 is 14.3 Å². The van der Waals surface area contributed by atoms with Crippen LogP contribution in [0.5, 0.6) is 5.75 Å². The molecule has 1 amide bonds. The Kier molecular flexibility index (Phi) is 5.52. The highest BCUT2D eigenvalue weighted by Crippen LogP contribution is 2.18. The number of ether oxygens (including phenoxy) is 2. The second kappa shape index (κ2) is 7.38. The van der Waals surface area contributed by atoms with E-state index in [2.05, 4.69) is 0 Å². The molecule has 114 valence electrons. The van der Waals surface area contributed by atoms with Gasteiger partial charge in [0.15, 0.2) is 6.61 Å². The molecule has 0 bridgehead atoms. The van der Waals surface area contributed by atoms with E-state index in [9.17, 15) is 4.79 Å². The van der Waals surface area contributed by atoms with E-state index in [4.69, 9.17) is 27.4 Å². The van der Waals surface area contributed by atoms with Crippen LogP contribution in [0.1, 0.15) is 18.9 Å². The number of carbonyl (C=O) groups excluding carboxylic acids is 1. The van der Waals surface area contributed by atoms with Crippen LogP contribution in [-0.2, 0) is 9.53 Å². The standard InChI is InChI=1S/C15H20N2O3S/c1-11-9-17(7-4-8-19-11)14(18)10-20-13-6-3-2-5-12(13)15(16)21/h2-3,5-6,11H,4,7-10H2,1H3,(H2,16,21). The van der Waals surface area contributed by atoms with Crippen LogP contribution in [0.25, 0.3) is 0 Å². The molecule has 1 saturated heterocycles. The van der Waals surface area contributed by atoms with Crippen molar-refractivity contribution in [1.82, 2.24) is 4.90 Å². The van der Waals surface area contributed by atoms with Crippen molar-refractivity contribution in [2.75, 3.05) is 26.3 Å². The van der Waals surface area contributed by atoms with E-state index in [0.717, 1.165) is 6.42 Å². The Morgan fingerprint density at radius 2 is 2.29 bits per heavy atom. The van der Waals surface area contributed by atoms with Gasteiger partial charge in [-0.05, 0) is 25.5 Å². The van der Waals surface area contributed by atoms with Crippen LogP contribution in [0.3, 0.4) is 0 Å². The van der Waals surface area contributed by atoms with Crippen LogP contribution in [0, 0.1) is 0 Å². The first kappa shape index (κ1) is 15.7. The molecule has 1 fully saturated rings. The zero-order chi connectivity index (χ0) is 15.2. The largest absolute Gasteiger partial charge is 0.483 e. The number of hydrogen-bond donors (Lipinski definition) is 1. The molecule has 5 nitrogen and oxygen atoms in total. The number of carbonyl (C=O) groups is 1. The highest BCUT2D eigenvalue weighted by atomic mass is 32.1. The lowest BCUT2D eigenvalue weighted by atomic mass is 10.2. The summed E-state index contributed by atoms with van der Waals surface area (Å²) in [6.45, 7) is 3.93. The van der Waals surface area contributed by atoms with Gasteiger partial charge in [0.1, 0.15) is 10.7 Å². The number of rotatable bonds is 4. The summed E-state index contributed by atoms with van der Waals surface area (Å²) >= 11 is 4.97. The van der Waals surface area contributed by atoms with Crippen LogP contribution < -0.4 is 10.5 Å². The first-order valence-electron chi connectivity index (χ1n) is 6.99. The van der Waals surface area contributed by atoms with Crippen molar-refractivity contribution >= 4 is 23.1 Å². The van der Waals surface area contributed by atoms with Gasteiger partial charge in [-0.25, -0.2) is 0 Å². The second-order valence-electron chi connectivity index (χ2n) is 5.02. The zero-order valence-electron chi connectivity index (χ0n) is 12.1. The lowest BCUT2D eigenvalue weighted by Crippen LogP contribution is -2.39. The molecule has 1 aliphatic heterocycles. The van der Waals surface area contributed by atoms with Crippen molar-refractivity contribution in [2.24, 2.45) is 5.73 Å². The molecule has 1 aromatic rings. The SMILES string of the molecule is CC1CN(C(=O)COc2ccccc2C(N)=S)CCCO1. The average Bonchev–Trinajstić information content (AvgIpc) is 2.69. The Morgan fingerprint density at radius 1 is 1.52 bits per heavy atom. The number of hydrogen-bond acceptors (Lipinski definition) is 4. The van der Waals surface area contributed by atoms with Crippen molar-refractivity contribution in [3.05, 3.63) is 29.8 Å². The van der Waals surface area contributed by atoms with E-state index in [1.165, 1.54) is 0 Å². The number of para-hydroxylation sites is 1. The van der Waals surface area contributed by atoms with Gasteiger partial charge in [-0.2, -0.15) is 0 Å². The summed E-state index contributed by atoms with van der Waals surface area (Å²) in [5, 5.41) is 0. The summed E-state index contributed by atoms with van der Waals surface area (Å²) < 4.78 is 11.1. The third kappa shape index (κ3) is 4.41. The molecule has 1 atom stereocenters. The first-order chi connectivity index (χ1) is 10.1. The van der Waals surface area contributed by atoms with Gasteiger partial charge in [0.25, 0.3) is 5.91 Å². The van der Waals surface area contributed by atoms with Crippen LogP contribution in [-0.4, -0.2) is 48.2 Å². The van der Waals surface area contributed by atoms with E-state index < -0.39 is 0 Å². The molecule has 21 heavy (non-hydrogen) atoms. The smallest absolute Gasteiger partial charge is 0.260 e. The number of nitrogens with zero attached hydrogens (tertiary/aromatic N) is 1.